The summed E-state index contributed by atoms with van der Waals surface area (Å²) in [7, 11) is 0. The van der Waals surface area contributed by atoms with Crippen LogP contribution in [0.5, 0.6) is 0 Å². The van der Waals surface area contributed by atoms with Crippen molar-refractivity contribution in [2.24, 2.45) is 0 Å². The molecule has 0 saturated carbocycles. The van der Waals surface area contributed by atoms with Crippen LogP contribution >= 0.6 is 11.8 Å². The maximum Gasteiger partial charge on any atom is 0.000201 e. The van der Waals surface area contributed by atoms with Crippen LogP contribution in [0.4, 0.5) is 0 Å². The van der Waals surface area contributed by atoms with E-state index < -0.39 is 0 Å². The second-order valence-electron chi connectivity index (χ2n) is 3.80. The molecule has 2 bridgehead atoms. The average molecular weight is 176 g/mol. The normalized spacial score (nSPS) is 31.7. The fourth-order valence-corrected chi connectivity index (χ4v) is 3.86. The van der Waals surface area contributed by atoms with Gasteiger partial charge in [-0.15, -0.1) is 0 Å². The maximum atomic E-state index is 2.33. The monoisotopic (exact) mass is 176 g/mol. The molecule has 0 unspecified atom stereocenters. The van der Waals surface area contributed by atoms with E-state index in [0.717, 1.165) is 11.8 Å². The third-order valence-electron chi connectivity index (χ3n) is 3.08. The highest BCUT2D eigenvalue weighted by Gasteiger charge is 2.33. The van der Waals surface area contributed by atoms with E-state index in [4.69, 9.17) is 0 Å². The van der Waals surface area contributed by atoms with Crippen molar-refractivity contribution in [3.8, 4) is 0 Å². The van der Waals surface area contributed by atoms with Gasteiger partial charge in [0.05, 0.1) is 0 Å². The number of rotatable bonds is 0. The van der Waals surface area contributed by atoms with E-state index in [1.54, 1.807) is 11.1 Å². The van der Waals surface area contributed by atoms with Crippen LogP contribution in [0.1, 0.15) is 29.4 Å². The molecule has 12 heavy (non-hydrogen) atoms. The molecule has 1 aromatic rings. The van der Waals surface area contributed by atoms with Crippen molar-refractivity contribution in [1.29, 1.82) is 0 Å². The van der Waals surface area contributed by atoms with Gasteiger partial charge in [-0.25, -0.2) is 0 Å². The lowest BCUT2D eigenvalue weighted by molar-refractivity contribution is 0.655. The summed E-state index contributed by atoms with van der Waals surface area (Å²) in [6, 6.07) is 9.02. The first-order valence-electron chi connectivity index (χ1n) is 4.62. The molecule has 1 aliphatic heterocycles. The highest BCUT2D eigenvalue weighted by Crippen LogP contribution is 2.48. The number of hydrogen-bond acceptors (Lipinski definition) is 1. The molecule has 2 atom stereocenters. The van der Waals surface area contributed by atoms with Gasteiger partial charge in [-0.1, -0.05) is 24.3 Å². The Labute approximate surface area is 77.4 Å². The Kier molecular flexibility index (Phi) is 1.48. The molecular weight excluding hydrogens is 164 g/mol. The van der Waals surface area contributed by atoms with Crippen molar-refractivity contribution in [3.63, 3.8) is 0 Å². The smallest absolute Gasteiger partial charge is 0.000201 e. The van der Waals surface area contributed by atoms with Crippen LogP contribution in [0.2, 0.25) is 0 Å². The predicted molar refractivity (Wildman–Crippen MR) is 53.9 cm³/mol. The molecule has 1 aromatic carbocycles. The third-order valence-corrected chi connectivity index (χ3v) is 4.36. The molecule has 0 nitrogen and oxygen atoms in total. The van der Waals surface area contributed by atoms with Gasteiger partial charge in [0.1, 0.15) is 0 Å². The Balaban J connectivity index is 2.16. The van der Waals surface area contributed by atoms with Crippen LogP contribution < -0.4 is 0 Å². The molecule has 1 heteroatoms. The lowest BCUT2D eigenvalue weighted by atomic mass is 10.0. The van der Waals surface area contributed by atoms with Gasteiger partial charge in [-0.2, -0.15) is 11.8 Å². The van der Waals surface area contributed by atoms with Crippen LogP contribution in [-0.2, 0) is 0 Å². The van der Waals surface area contributed by atoms with Gasteiger partial charge in [-0.05, 0) is 29.4 Å². The van der Waals surface area contributed by atoms with E-state index in [2.05, 4.69) is 36.0 Å². The summed E-state index contributed by atoms with van der Waals surface area (Å²) in [6.07, 6.45) is 1.42. The fraction of sp³-hybridized carbons (Fsp3) is 0.455. The second kappa shape index (κ2) is 2.53. The van der Waals surface area contributed by atoms with Crippen LogP contribution in [0, 0.1) is 0 Å². The summed E-state index contributed by atoms with van der Waals surface area (Å²) in [4.78, 5) is 0. The van der Waals surface area contributed by atoms with Crippen molar-refractivity contribution in [3.05, 3.63) is 35.4 Å². The van der Waals surface area contributed by atoms with E-state index in [9.17, 15) is 0 Å². The lowest BCUT2D eigenvalue weighted by Gasteiger charge is -2.17. The summed E-state index contributed by atoms with van der Waals surface area (Å²) in [5.41, 5.74) is 3.29. The second-order valence-corrected chi connectivity index (χ2v) is 4.87. The minimum atomic E-state index is 0.880. The molecule has 0 aromatic heterocycles. The minimum Gasteiger partial charge on any atom is -0.161 e. The molecule has 1 aliphatic carbocycles. The molecule has 2 aliphatic rings. The van der Waals surface area contributed by atoms with Crippen molar-refractivity contribution >= 4 is 11.8 Å². The average Bonchev–Trinajstić information content (AvgIpc) is 2.41. The van der Waals surface area contributed by atoms with Crippen molar-refractivity contribution < 1.29 is 0 Å². The van der Waals surface area contributed by atoms with Crippen molar-refractivity contribution in [1.82, 2.24) is 0 Å². The maximum absolute atomic E-state index is 2.33. The molecule has 0 amide bonds. The zero-order chi connectivity index (χ0) is 7.97. The first-order valence-corrected chi connectivity index (χ1v) is 5.77. The van der Waals surface area contributed by atoms with Crippen molar-refractivity contribution in [2.75, 3.05) is 11.5 Å². The van der Waals surface area contributed by atoms with E-state index >= 15 is 0 Å². The molecule has 3 rings (SSSR count). The van der Waals surface area contributed by atoms with Crippen molar-refractivity contribution in [2.45, 2.75) is 18.3 Å². The Morgan fingerprint density at radius 2 is 1.58 bits per heavy atom. The summed E-state index contributed by atoms with van der Waals surface area (Å²) >= 11 is 2.13. The van der Waals surface area contributed by atoms with E-state index in [0.29, 0.717) is 0 Å². The number of hydrogen-bond donors (Lipinski definition) is 0. The van der Waals surface area contributed by atoms with E-state index in [1.165, 1.54) is 17.9 Å². The summed E-state index contributed by atoms with van der Waals surface area (Å²) in [5, 5.41) is 0. The van der Waals surface area contributed by atoms with Gasteiger partial charge in [0, 0.05) is 11.5 Å². The minimum absolute atomic E-state index is 0.880. The number of fused-ring (bicyclic) bond motifs is 5. The first-order chi connectivity index (χ1) is 5.95. The predicted octanol–water partition coefficient (Wildman–Crippen LogP) is 3.00. The standard InChI is InChI=1S/C11H12S/c1-2-4-11-9-5-8(6-12-7-9)10(11)3-1/h1-4,8-9H,5-7H2/t8-,9+. The Bertz CT molecular complexity index is 277. The van der Waals surface area contributed by atoms with Gasteiger partial charge in [0.2, 0.25) is 0 Å². The largest absolute Gasteiger partial charge is 0.161 e. The number of thioether (sulfide) groups is 1. The van der Waals surface area contributed by atoms with Crippen LogP contribution in [0.15, 0.2) is 24.3 Å². The molecular formula is C11H12S. The zero-order valence-electron chi connectivity index (χ0n) is 6.99. The highest BCUT2D eigenvalue weighted by molar-refractivity contribution is 7.99. The van der Waals surface area contributed by atoms with Gasteiger partial charge in [0.25, 0.3) is 0 Å². The summed E-state index contributed by atoms with van der Waals surface area (Å²) in [6.45, 7) is 0. The van der Waals surface area contributed by atoms with Gasteiger partial charge in [0.15, 0.2) is 0 Å². The van der Waals surface area contributed by atoms with E-state index in [-0.39, 0.29) is 0 Å². The molecule has 62 valence electrons. The van der Waals surface area contributed by atoms with Crippen LogP contribution in [0.3, 0.4) is 0 Å². The van der Waals surface area contributed by atoms with Crippen LogP contribution in [0.25, 0.3) is 0 Å². The molecule has 0 radical (unpaired) electrons. The third kappa shape index (κ3) is 0.861. The Morgan fingerprint density at radius 1 is 1.00 bits per heavy atom. The van der Waals surface area contributed by atoms with Gasteiger partial charge < -0.3 is 0 Å². The molecule has 1 saturated heterocycles. The highest BCUT2D eigenvalue weighted by atomic mass is 32.2. The summed E-state index contributed by atoms with van der Waals surface area (Å²) < 4.78 is 0. The van der Waals surface area contributed by atoms with Crippen LogP contribution in [-0.4, -0.2) is 11.5 Å². The quantitative estimate of drug-likeness (QED) is 0.585. The lowest BCUT2D eigenvalue weighted by Crippen LogP contribution is -2.06. The Hall–Kier alpha value is -0.430. The van der Waals surface area contributed by atoms with Gasteiger partial charge in [-0.3, -0.25) is 0 Å². The molecule has 0 spiro atoms. The van der Waals surface area contributed by atoms with Gasteiger partial charge >= 0.3 is 0 Å². The van der Waals surface area contributed by atoms with E-state index in [1.807, 2.05) is 0 Å². The Morgan fingerprint density at radius 3 is 2.17 bits per heavy atom. The first kappa shape index (κ1) is 7.02. The summed E-state index contributed by atoms with van der Waals surface area (Å²) in [5.74, 6) is 4.47. The number of benzene rings is 1. The SMILES string of the molecule is c1ccc2c(c1)[C@@H]1CSC[C@H]2C1. The zero-order valence-corrected chi connectivity index (χ0v) is 7.81. The molecule has 0 N–H and O–H groups in total. The topological polar surface area (TPSA) is 0 Å². The fourth-order valence-electron chi connectivity index (χ4n) is 2.52. The molecule has 1 fully saturated rings. The molecule has 1 heterocycles.